The number of hydrogen-bond donors (Lipinski definition) is 2. The zero-order valence-electron chi connectivity index (χ0n) is 16.1. The van der Waals surface area contributed by atoms with Gasteiger partial charge in [-0.2, -0.15) is 0 Å². The average Bonchev–Trinajstić information content (AvgIpc) is 2.81. The Bertz CT molecular complexity index is 833. The topological polar surface area (TPSA) is 80.6 Å². The fourth-order valence-electron chi connectivity index (χ4n) is 3.23. The summed E-state index contributed by atoms with van der Waals surface area (Å²) in [6.45, 7) is 9.15. The van der Waals surface area contributed by atoms with Crippen molar-refractivity contribution in [1.29, 1.82) is 0 Å². The summed E-state index contributed by atoms with van der Waals surface area (Å²) in [4.78, 5) is 24.3. The first-order chi connectivity index (χ1) is 12.1. The van der Waals surface area contributed by atoms with Crippen LogP contribution in [0.15, 0.2) is 24.3 Å². The number of carboxylic acids is 1. The van der Waals surface area contributed by atoms with Crippen molar-refractivity contribution in [2.75, 3.05) is 13.7 Å². The monoisotopic (exact) mass is 358 g/mol. The van der Waals surface area contributed by atoms with Crippen molar-refractivity contribution in [2.45, 2.75) is 40.2 Å². The number of carboxylic acid groups (broad SMARTS) is 1. The molecule has 6 heteroatoms. The number of carbonyl (C=O) groups is 2. The van der Waals surface area contributed by atoms with Gasteiger partial charge in [-0.05, 0) is 63.9 Å². The molecule has 6 nitrogen and oxygen atoms in total. The number of nitrogens with one attached hydrogen (secondary N) is 1. The molecular formula is C20H26N2O4. The Labute approximate surface area is 153 Å². The first-order valence-corrected chi connectivity index (χ1v) is 8.41. The highest BCUT2D eigenvalue weighted by Gasteiger charge is 2.36. The van der Waals surface area contributed by atoms with Crippen LogP contribution in [0.3, 0.4) is 0 Å². The second-order valence-corrected chi connectivity index (χ2v) is 6.99. The van der Waals surface area contributed by atoms with Gasteiger partial charge in [-0.1, -0.05) is 6.07 Å². The molecule has 1 amide bonds. The van der Waals surface area contributed by atoms with Gasteiger partial charge in [-0.15, -0.1) is 0 Å². The van der Waals surface area contributed by atoms with Crippen LogP contribution in [0.4, 0.5) is 0 Å². The second kappa shape index (κ2) is 7.33. The second-order valence-electron chi connectivity index (χ2n) is 6.99. The Morgan fingerprint density at radius 1 is 1.12 bits per heavy atom. The first-order valence-electron chi connectivity index (χ1n) is 8.41. The maximum absolute atomic E-state index is 12.7. The fourth-order valence-corrected chi connectivity index (χ4v) is 3.23. The molecule has 1 aromatic heterocycles. The minimum atomic E-state index is -1.49. The van der Waals surface area contributed by atoms with Gasteiger partial charge < -0.3 is 19.7 Å². The lowest BCUT2D eigenvalue weighted by molar-refractivity contribution is -0.145. The number of ether oxygens (including phenoxy) is 1. The number of nitrogens with zero attached hydrogens (tertiary/aromatic N) is 1. The third-order valence-corrected chi connectivity index (χ3v) is 4.43. The van der Waals surface area contributed by atoms with Gasteiger partial charge in [0.15, 0.2) is 5.54 Å². The molecule has 0 spiro atoms. The lowest BCUT2D eigenvalue weighted by Crippen LogP contribution is -2.55. The molecule has 0 fully saturated rings. The van der Waals surface area contributed by atoms with Crippen molar-refractivity contribution < 1.29 is 19.4 Å². The van der Waals surface area contributed by atoms with E-state index in [0.717, 1.165) is 28.2 Å². The molecule has 1 atom stereocenters. The summed E-state index contributed by atoms with van der Waals surface area (Å²) in [6, 6.07) is 7.98. The number of carbonyl (C=O) groups excluding carboxylic acids is 1. The molecule has 2 aromatic rings. The molecule has 0 saturated carbocycles. The minimum Gasteiger partial charge on any atom is -0.479 e. The van der Waals surface area contributed by atoms with Gasteiger partial charge in [0, 0.05) is 24.2 Å². The van der Waals surface area contributed by atoms with Crippen LogP contribution in [-0.2, 0) is 9.53 Å². The van der Waals surface area contributed by atoms with E-state index in [2.05, 4.69) is 23.5 Å². The maximum atomic E-state index is 12.7. The lowest BCUT2D eigenvalue weighted by atomic mass is 10.0. The van der Waals surface area contributed by atoms with Crippen molar-refractivity contribution in [3.8, 4) is 5.69 Å². The Morgan fingerprint density at radius 2 is 1.69 bits per heavy atom. The van der Waals surface area contributed by atoms with Crippen molar-refractivity contribution in [2.24, 2.45) is 0 Å². The molecule has 140 valence electrons. The van der Waals surface area contributed by atoms with E-state index in [-0.39, 0.29) is 6.61 Å². The van der Waals surface area contributed by atoms with Crippen molar-refractivity contribution >= 4 is 11.9 Å². The Balaban J connectivity index is 2.43. The quantitative estimate of drug-likeness (QED) is 0.832. The predicted molar refractivity (Wildman–Crippen MR) is 100 cm³/mol. The smallest absolute Gasteiger partial charge is 0.331 e. The van der Waals surface area contributed by atoms with E-state index in [1.54, 1.807) is 6.07 Å². The molecule has 0 aliphatic rings. The Kier molecular flexibility index (Phi) is 5.56. The fraction of sp³-hybridized carbons (Fsp3) is 0.400. The Hall–Kier alpha value is -2.60. The van der Waals surface area contributed by atoms with Crippen LogP contribution in [0.5, 0.6) is 0 Å². The summed E-state index contributed by atoms with van der Waals surface area (Å²) in [5.74, 6) is -1.58. The zero-order valence-corrected chi connectivity index (χ0v) is 16.1. The van der Waals surface area contributed by atoms with Crippen LogP contribution in [-0.4, -0.2) is 40.8 Å². The number of aromatic nitrogens is 1. The number of hydrogen-bond acceptors (Lipinski definition) is 3. The summed E-state index contributed by atoms with van der Waals surface area (Å²) in [5, 5.41) is 12.0. The zero-order chi connectivity index (χ0) is 19.6. The molecule has 1 heterocycles. The van der Waals surface area contributed by atoms with E-state index in [0.29, 0.717) is 5.56 Å². The third-order valence-electron chi connectivity index (χ3n) is 4.43. The van der Waals surface area contributed by atoms with Gasteiger partial charge in [0.25, 0.3) is 5.91 Å². The molecule has 0 bridgehead atoms. The number of benzene rings is 1. The molecule has 0 aliphatic carbocycles. The van der Waals surface area contributed by atoms with E-state index >= 15 is 0 Å². The van der Waals surface area contributed by atoms with E-state index in [1.165, 1.54) is 14.0 Å². The highest BCUT2D eigenvalue weighted by Crippen LogP contribution is 2.23. The molecule has 1 aromatic carbocycles. The van der Waals surface area contributed by atoms with Gasteiger partial charge >= 0.3 is 5.97 Å². The number of amides is 1. The van der Waals surface area contributed by atoms with Crippen molar-refractivity contribution in [3.63, 3.8) is 0 Å². The summed E-state index contributed by atoms with van der Waals surface area (Å²) in [5.41, 5.74) is 3.87. The van der Waals surface area contributed by atoms with Crippen molar-refractivity contribution in [1.82, 2.24) is 9.88 Å². The van der Waals surface area contributed by atoms with Gasteiger partial charge in [0.2, 0.25) is 0 Å². The number of aliphatic carboxylic acids is 1. The predicted octanol–water partition coefficient (Wildman–Crippen LogP) is 2.93. The van der Waals surface area contributed by atoms with E-state index in [1.807, 2.05) is 32.3 Å². The SMILES string of the molecule is COCC(C)(NC(=O)c1cc(C)n(-c2cc(C)cc(C)c2)c1C)C(=O)O. The van der Waals surface area contributed by atoms with E-state index in [9.17, 15) is 14.7 Å². The number of rotatable bonds is 6. The standard InChI is InChI=1S/C20H26N2O4/c1-12-7-13(2)9-16(8-12)22-14(3)10-17(15(22)4)18(23)21-20(5,11-26-6)19(24)25/h7-10H,11H2,1-6H3,(H,21,23)(H,24,25). The van der Waals surface area contributed by atoms with Crippen LogP contribution in [0.2, 0.25) is 0 Å². The normalized spacial score (nSPS) is 13.3. The molecule has 0 saturated heterocycles. The Morgan fingerprint density at radius 3 is 2.19 bits per heavy atom. The van der Waals surface area contributed by atoms with Crippen LogP contribution in [0.1, 0.15) is 39.8 Å². The molecule has 2 N–H and O–H groups in total. The van der Waals surface area contributed by atoms with E-state index < -0.39 is 17.4 Å². The third kappa shape index (κ3) is 3.80. The number of aryl methyl sites for hydroxylation is 3. The maximum Gasteiger partial charge on any atom is 0.331 e. The highest BCUT2D eigenvalue weighted by molar-refractivity contribution is 5.99. The first kappa shape index (κ1) is 19.7. The number of methoxy groups -OCH3 is 1. The average molecular weight is 358 g/mol. The highest BCUT2D eigenvalue weighted by atomic mass is 16.5. The van der Waals surface area contributed by atoms with Gasteiger partial charge in [0.05, 0.1) is 12.2 Å². The summed E-state index contributed by atoms with van der Waals surface area (Å²) >= 11 is 0. The van der Waals surface area contributed by atoms with Gasteiger partial charge in [-0.3, -0.25) is 4.79 Å². The van der Waals surface area contributed by atoms with Crippen LogP contribution in [0, 0.1) is 27.7 Å². The molecular weight excluding hydrogens is 332 g/mol. The molecule has 2 rings (SSSR count). The van der Waals surface area contributed by atoms with Crippen LogP contribution < -0.4 is 5.32 Å². The largest absolute Gasteiger partial charge is 0.479 e. The molecule has 0 aliphatic heterocycles. The van der Waals surface area contributed by atoms with E-state index in [4.69, 9.17) is 4.74 Å². The van der Waals surface area contributed by atoms with Gasteiger partial charge in [0.1, 0.15) is 0 Å². The van der Waals surface area contributed by atoms with Crippen LogP contribution >= 0.6 is 0 Å². The lowest BCUT2D eigenvalue weighted by Gasteiger charge is -2.25. The molecule has 0 radical (unpaired) electrons. The molecule has 26 heavy (non-hydrogen) atoms. The van der Waals surface area contributed by atoms with Crippen molar-refractivity contribution in [3.05, 3.63) is 52.3 Å². The summed E-state index contributed by atoms with van der Waals surface area (Å²) in [7, 11) is 1.40. The summed E-state index contributed by atoms with van der Waals surface area (Å²) in [6.07, 6.45) is 0. The molecule has 1 unspecified atom stereocenters. The van der Waals surface area contributed by atoms with Crippen LogP contribution in [0.25, 0.3) is 5.69 Å². The minimum absolute atomic E-state index is 0.121. The van der Waals surface area contributed by atoms with Gasteiger partial charge in [-0.25, -0.2) is 4.79 Å². The summed E-state index contributed by atoms with van der Waals surface area (Å²) < 4.78 is 6.96.